The zero-order chi connectivity index (χ0) is 13.8. The van der Waals surface area contributed by atoms with Crippen LogP contribution in [0.2, 0.25) is 0 Å². The minimum atomic E-state index is -4.57. The van der Waals surface area contributed by atoms with Crippen LogP contribution in [-0.2, 0) is 0 Å². The van der Waals surface area contributed by atoms with E-state index in [1.165, 1.54) is 12.1 Å². The Morgan fingerprint density at radius 1 is 1.26 bits per heavy atom. The summed E-state index contributed by atoms with van der Waals surface area (Å²) in [6, 6.07) is 4.30. The van der Waals surface area contributed by atoms with E-state index >= 15 is 0 Å². The van der Waals surface area contributed by atoms with Gasteiger partial charge in [-0.3, -0.25) is 4.39 Å². The molecule has 0 aliphatic rings. The van der Waals surface area contributed by atoms with Crippen LogP contribution in [0.25, 0.3) is 0 Å². The fraction of sp³-hybridized carbons (Fsp3) is 0.455. The summed E-state index contributed by atoms with van der Waals surface area (Å²) in [5, 5.41) is 0. The molecule has 0 amide bonds. The van der Waals surface area contributed by atoms with Crippen molar-refractivity contribution < 1.29 is 26.7 Å². The summed E-state index contributed by atoms with van der Waals surface area (Å²) >= 11 is 0. The summed E-state index contributed by atoms with van der Waals surface area (Å²) in [4.78, 5) is 0. The van der Waals surface area contributed by atoms with Gasteiger partial charge in [-0.1, -0.05) is 12.1 Å². The second-order valence-corrected chi connectivity index (χ2v) is 3.62. The van der Waals surface area contributed by atoms with Gasteiger partial charge in [0, 0.05) is 6.04 Å². The standard InChI is InChI=1S/C11H12F5NO.ClH/c12-5-4-9(17)7-2-1-3-8(6-7)18-11(15,16)10(13)14;/h1-3,6,9-10H,4-5,17H2;1H/t9-;/m1./s1. The van der Waals surface area contributed by atoms with Crippen LogP contribution >= 0.6 is 12.4 Å². The third-order valence-corrected chi connectivity index (χ3v) is 2.21. The second-order valence-electron chi connectivity index (χ2n) is 3.62. The lowest BCUT2D eigenvalue weighted by Gasteiger charge is -2.18. The smallest absolute Gasteiger partial charge is 0.428 e. The summed E-state index contributed by atoms with van der Waals surface area (Å²) in [6.07, 6.45) is -8.49. The first-order chi connectivity index (χ1) is 8.36. The molecule has 19 heavy (non-hydrogen) atoms. The first-order valence-corrected chi connectivity index (χ1v) is 5.13. The first-order valence-electron chi connectivity index (χ1n) is 5.13. The predicted molar refractivity (Wildman–Crippen MR) is 62.8 cm³/mol. The number of hydrogen-bond acceptors (Lipinski definition) is 2. The van der Waals surface area contributed by atoms with Gasteiger partial charge in [0.25, 0.3) is 0 Å². The van der Waals surface area contributed by atoms with E-state index < -0.39 is 31.0 Å². The Morgan fingerprint density at radius 2 is 1.89 bits per heavy atom. The van der Waals surface area contributed by atoms with Gasteiger partial charge in [0.1, 0.15) is 5.75 Å². The molecule has 2 N–H and O–H groups in total. The van der Waals surface area contributed by atoms with Gasteiger partial charge < -0.3 is 10.5 Å². The van der Waals surface area contributed by atoms with Crippen molar-refractivity contribution in [1.82, 2.24) is 0 Å². The highest BCUT2D eigenvalue weighted by Crippen LogP contribution is 2.29. The van der Waals surface area contributed by atoms with E-state index in [9.17, 15) is 22.0 Å². The molecule has 2 nitrogen and oxygen atoms in total. The van der Waals surface area contributed by atoms with Crippen LogP contribution in [0.5, 0.6) is 5.75 Å². The van der Waals surface area contributed by atoms with E-state index in [2.05, 4.69) is 4.74 Å². The van der Waals surface area contributed by atoms with Crippen LogP contribution in [0.4, 0.5) is 22.0 Å². The Kier molecular flexibility index (Phi) is 7.07. The average Bonchev–Trinajstić information content (AvgIpc) is 2.29. The van der Waals surface area contributed by atoms with Gasteiger partial charge in [-0.15, -0.1) is 12.4 Å². The third kappa shape index (κ3) is 5.20. The van der Waals surface area contributed by atoms with Crippen molar-refractivity contribution in [3.8, 4) is 5.75 Å². The number of alkyl halides is 5. The molecule has 8 heteroatoms. The SMILES string of the molecule is Cl.N[C@H](CCF)c1cccc(OC(F)(F)C(F)F)c1. The summed E-state index contributed by atoms with van der Waals surface area (Å²) in [5.41, 5.74) is 5.91. The van der Waals surface area contributed by atoms with Gasteiger partial charge >= 0.3 is 12.5 Å². The Bertz CT molecular complexity index is 391. The molecule has 0 aliphatic carbocycles. The van der Waals surface area contributed by atoms with E-state index in [1.807, 2.05) is 0 Å². The minimum Gasteiger partial charge on any atom is -0.428 e. The highest BCUT2D eigenvalue weighted by atomic mass is 35.5. The maximum absolute atomic E-state index is 12.6. The van der Waals surface area contributed by atoms with Crippen molar-refractivity contribution in [2.45, 2.75) is 25.0 Å². The lowest BCUT2D eigenvalue weighted by molar-refractivity contribution is -0.253. The fourth-order valence-electron chi connectivity index (χ4n) is 1.29. The molecule has 0 fully saturated rings. The lowest BCUT2D eigenvalue weighted by atomic mass is 10.1. The molecule has 0 aromatic heterocycles. The zero-order valence-corrected chi connectivity index (χ0v) is 10.5. The summed E-state index contributed by atoms with van der Waals surface area (Å²) in [7, 11) is 0. The van der Waals surface area contributed by atoms with Crippen LogP contribution in [0, 0.1) is 0 Å². The molecule has 1 aromatic rings. The van der Waals surface area contributed by atoms with E-state index in [0.29, 0.717) is 5.56 Å². The molecular formula is C11H13ClF5NO. The Hall–Kier alpha value is -1.08. The number of ether oxygens (including phenoxy) is 1. The molecule has 0 spiro atoms. The molecule has 0 saturated carbocycles. The van der Waals surface area contributed by atoms with E-state index in [1.54, 1.807) is 0 Å². The van der Waals surface area contributed by atoms with Crippen LogP contribution in [-0.4, -0.2) is 19.2 Å². The molecule has 1 aromatic carbocycles. The van der Waals surface area contributed by atoms with Gasteiger partial charge in [-0.05, 0) is 24.1 Å². The molecule has 1 rings (SSSR count). The quantitative estimate of drug-likeness (QED) is 0.813. The number of nitrogens with two attached hydrogens (primary N) is 1. The number of benzene rings is 1. The van der Waals surface area contributed by atoms with Crippen LogP contribution in [0.3, 0.4) is 0 Å². The highest BCUT2D eigenvalue weighted by Gasteiger charge is 2.43. The normalized spacial score (nSPS) is 13.0. The molecule has 0 aliphatic heterocycles. The van der Waals surface area contributed by atoms with Crippen molar-refractivity contribution in [1.29, 1.82) is 0 Å². The number of rotatable bonds is 6. The van der Waals surface area contributed by atoms with Crippen LogP contribution in [0.15, 0.2) is 24.3 Å². The maximum Gasteiger partial charge on any atom is 0.461 e. The topological polar surface area (TPSA) is 35.2 Å². The van der Waals surface area contributed by atoms with Crippen molar-refractivity contribution in [2.75, 3.05) is 6.67 Å². The van der Waals surface area contributed by atoms with Gasteiger partial charge in [0.05, 0.1) is 6.67 Å². The monoisotopic (exact) mass is 305 g/mol. The largest absolute Gasteiger partial charge is 0.461 e. The van der Waals surface area contributed by atoms with Gasteiger partial charge in [-0.2, -0.15) is 17.6 Å². The lowest BCUT2D eigenvalue weighted by Crippen LogP contribution is -2.33. The molecular weight excluding hydrogens is 293 g/mol. The van der Waals surface area contributed by atoms with Crippen LogP contribution < -0.4 is 10.5 Å². The summed E-state index contributed by atoms with van der Waals surface area (Å²) < 4.78 is 65.1. The van der Waals surface area contributed by atoms with E-state index in [4.69, 9.17) is 5.73 Å². The van der Waals surface area contributed by atoms with Crippen molar-refractivity contribution in [3.63, 3.8) is 0 Å². The first kappa shape index (κ1) is 17.9. The van der Waals surface area contributed by atoms with E-state index in [-0.39, 0.29) is 18.8 Å². The molecule has 0 heterocycles. The van der Waals surface area contributed by atoms with Crippen molar-refractivity contribution in [3.05, 3.63) is 29.8 Å². The van der Waals surface area contributed by atoms with Gasteiger partial charge in [0.2, 0.25) is 0 Å². The zero-order valence-electron chi connectivity index (χ0n) is 9.66. The molecule has 1 atom stereocenters. The minimum absolute atomic E-state index is 0. The summed E-state index contributed by atoms with van der Waals surface area (Å²) in [6.45, 7) is -0.667. The number of hydrogen-bond donors (Lipinski definition) is 1. The molecule has 0 unspecified atom stereocenters. The molecule has 0 bridgehead atoms. The molecule has 110 valence electrons. The summed E-state index contributed by atoms with van der Waals surface area (Å²) in [5.74, 6) is -0.438. The van der Waals surface area contributed by atoms with Crippen molar-refractivity contribution in [2.24, 2.45) is 5.73 Å². The highest BCUT2D eigenvalue weighted by molar-refractivity contribution is 5.85. The molecule has 0 radical (unpaired) electrons. The third-order valence-electron chi connectivity index (χ3n) is 2.21. The van der Waals surface area contributed by atoms with Crippen LogP contribution in [0.1, 0.15) is 18.0 Å². The Morgan fingerprint density at radius 3 is 2.42 bits per heavy atom. The van der Waals surface area contributed by atoms with Gasteiger partial charge in [-0.25, -0.2) is 0 Å². The maximum atomic E-state index is 12.6. The predicted octanol–water partition coefficient (Wildman–Crippen LogP) is 3.70. The Labute approximate surface area is 113 Å². The molecule has 0 saturated heterocycles. The Balaban J connectivity index is 0.00000324. The second kappa shape index (κ2) is 7.49. The van der Waals surface area contributed by atoms with Crippen molar-refractivity contribution >= 4 is 12.4 Å². The van der Waals surface area contributed by atoms with E-state index in [0.717, 1.165) is 12.1 Å². The number of halogens is 6. The fourth-order valence-corrected chi connectivity index (χ4v) is 1.29. The van der Waals surface area contributed by atoms with Gasteiger partial charge in [0.15, 0.2) is 0 Å². The average molecular weight is 306 g/mol.